The van der Waals surface area contributed by atoms with E-state index < -0.39 is 14.5 Å². The van der Waals surface area contributed by atoms with E-state index in [1.807, 2.05) is 12.3 Å². The highest BCUT2D eigenvalue weighted by atomic mass is 27.2. The number of hydrogen-bond acceptors (Lipinski definition) is 2. The molecule has 16 heavy (non-hydrogen) atoms. The highest BCUT2D eigenvalue weighted by molar-refractivity contribution is 6.48. The lowest BCUT2D eigenvalue weighted by Crippen LogP contribution is -2.37. The van der Waals surface area contributed by atoms with E-state index >= 15 is 0 Å². The molecule has 1 aromatic rings. The molecular formula is C13H20AlNO. The second-order valence-electron chi connectivity index (χ2n) is 4.88. The number of pyridine rings is 1. The van der Waals surface area contributed by atoms with Gasteiger partial charge in [-0.3, -0.25) is 4.98 Å². The number of fused-ring (bicyclic) bond motifs is 1. The SMILES string of the molecule is CCC1([O][Al]([CH3])[CH3])CCCc2cccnc21. The van der Waals surface area contributed by atoms with Crippen LogP contribution in [0.25, 0.3) is 0 Å². The van der Waals surface area contributed by atoms with E-state index in [9.17, 15) is 0 Å². The largest absolute Gasteiger partial charge is 0.491 e. The second-order valence-corrected chi connectivity index (χ2v) is 7.21. The van der Waals surface area contributed by atoms with Crippen LogP contribution in [0, 0.1) is 0 Å². The third-order valence-electron chi connectivity index (χ3n) is 3.38. The van der Waals surface area contributed by atoms with Crippen molar-refractivity contribution in [2.45, 2.75) is 49.8 Å². The molecule has 0 aliphatic heterocycles. The molecule has 2 nitrogen and oxygen atoms in total. The van der Waals surface area contributed by atoms with Gasteiger partial charge in [0.15, 0.2) is 0 Å². The van der Waals surface area contributed by atoms with E-state index in [-0.39, 0.29) is 5.60 Å². The lowest BCUT2D eigenvalue weighted by Gasteiger charge is -2.39. The molecule has 1 atom stereocenters. The van der Waals surface area contributed by atoms with Gasteiger partial charge in [-0.2, -0.15) is 0 Å². The van der Waals surface area contributed by atoms with Crippen molar-refractivity contribution in [1.29, 1.82) is 0 Å². The Morgan fingerprint density at radius 2 is 2.31 bits per heavy atom. The van der Waals surface area contributed by atoms with Crippen LogP contribution in [0.3, 0.4) is 0 Å². The summed E-state index contributed by atoms with van der Waals surface area (Å²) >= 11 is -1.03. The molecule has 0 amide bonds. The smallest absolute Gasteiger partial charge is 0.454 e. The van der Waals surface area contributed by atoms with Crippen LogP contribution in [0.5, 0.6) is 0 Å². The first-order valence-corrected chi connectivity index (χ1v) is 9.08. The van der Waals surface area contributed by atoms with Gasteiger partial charge in [0.1, 0.15) is 0 Å². The summed E-state index contributed by atoms with van der Waals surface area (Å²) in [5.41, 5.74) is 2.53. The zero-order valence-electron chi connectivity index (χ0n) is 10.5. The van der Waals surface area contributed by atoms with E-state index in [0.29, 0.717) is 0 Å². The molecule has 0 fully saturated rings. The van der Waals surface area contributed by atoms with Crippen molar-refractivity contribution in [1.82, 2.24) is 4.98 Å². The fourth-order valence-corrected chi connectivity index (χ4v) is 4.03. The quantitative estimate of drug-likeness (QED) is 0.747. The van der Waals surface area contributed by atoms with Gasteiger partial charge in [0.2, 0.25) is 0 Å². The first-order chi connectivity index (χ1) is 7.68. The van der Waals surface area contributed by atoms with Gasteiger partial charge in [0.25, 0.3) is 0 Å². The topological polar surface area (TPSA) is 22.1 Å². The normalized spacial score (nSPS) is 23.9. The monoisotopic (exact) mass is 233 g/mol. The zero-order valence-corrected chi connectivity index (χ0v) is 11.6. The van der Waals surface area contributed by atoms with Crippen LogP contribution in [-0.2, 0) is 15.8 Å². The van der Waals surface area contributed by atoms with Crippen LogP contribution in [0.15, 0.2) is 18.3 Å². The third kappa shape index (κ3) is 2.18. The standard InChI is InChI=1S/C11H14NO.2CH3.Al/c1-2-11(13)7-3-5-9-6-4-8-12-10(9)11;;;/h4,6,8H,2-3,5,7H2,1H3;2*1H3;/q-1;;;+1. The van der Waals surface area contributed by atoms with Gasteiger partial charge in [0, 0.05) is 6.20 Å². The van der Waals surface area contributed by atoms with Gasteiger partial charge < -0.3 is 3.79 Å². The van der Waals surface area contributed by atoms with Crippen molar-refractivity contribution < 1.29 is 3.79 Å². The average Bonchev–Trinajstić information content (AvgIpc) is 2.29. The summed E-state index contributed by atoms with van der Waals surface area (Å²) in [6.45, 7) is 2.22. The molecule has 0 saturated carbocycles. The average molecular weight is 233 g/mol. The third-order valence-corrected chi connectivity index (χ3v) is 4.30. The summed E-state index contributed by atoms with van der Waals surface area (Å²) in [5.74, 6) is 4.49. The van der Waals surface area contributed by atoms with Crippen molar-refractivity contribution >= 4 is 14.5 Å². The van der Waals surface area contributed by atoms with Crippen LogP contribution >= 0.6 is 0 Å². The lowest BCUT2D eigenvalue weighted by atomic mass is 9.81. The van der Waals surface area contributed by atoms with Crippen LogP contribution in [0.2, 0.25) is 11.6 Å². The van der Waals surface area contributed by atoms with Gasteiger partial charge in [-0.25, -0.2) is 0 Å². The molecule has 1 heterocycles. The summed E-state index contributed by atoms with van der Waals surface area (Å²) in [7, 11) is 0. The van der Waals surface area contributed by atoms with Gasteiger partial charge in [-0.15, -0.1) is 0 Å². The summed E-state index contributed by atoms with van der Waals surface area (Å²) in [4.78, 5) is 4.59. The van der Waals surface area contributed by atoms with E-state index in [0.717, 1.165) is 19.3 Å². The Morgan fingerprint density at radius 3 is 3.00 bits per heavy atom. The molecule has 1 aliphatic carbocycles. The Kier molecular flexibility index (Phi) is 3.69. The Hall–Kier alpha value is -0.358. The highest BCUT2D eigenvalue weighted by Gasteiger charge is 2.37. The fraction of sp³-hybridized carbons (Fsp3) is 0.615. The summed E-state index contributed by atoms with van der Waals surface area (Å²) in [6.07, 6.45) is 6.47. The van der Waals surface area contributed by atoms with E-state index in [1.165, 1.54) is 17.7 Å². The predicted molar refractivity (Wildman–Crippen MR) is 67.7 cm³/mol. The summed E-state index contributed by atoms with van der Waals surface area (Å²) in [5, 5.41) is 0. The van der Waals surface area contributed by atoms with Crippen LogP contribution in [0.4, 0.5) is 0 Å². The number of hydrogen-bond donors (Lipinski definition) is 0. The van der Waals surface area contributed by atoms with Crippen molar-refractivity contribution in [3.63, 3.8) is 0 Å². The maximum atomic E-state index is 6.33. The molecule has 86 valence electrons. The van der Waals surface area contributed by atoms with E-state index in [2.05, 4.69) is 29.5 Å². The molecule has 0 spiro atoms. The molecule has 0 radical (unpaired) electrons. The minimum Gasteiger partial charge on any atom is -0.491 e. The van der Waals surface area contributed by atoms with Gasteiger partial charge >= 0.3 is 14.5 Å². The van der Waals surface area contributed by atoms with Crippen molar-refractivity contribution in [3.8, 4) is 0 Å². The minimum absolute atomic E-state index is 0.0742. The molecule has 2 rings (SSSR count). The molecule has 0 N–H and O–H groups in total. The van der Waals surface area contributed by atoms with Gasteiger partial charge in [0.05, 0.1) is 11.3 Å². The van der Waals surface area contributed by atoms with E-state index in [1.54, 1.807) is 0 Å². The molecular weight excluding hydrogens is 213 g/mol. The summed E-state index contributed by atoms with van der Waals surface area (Å²) < 4.78 is 6.33. The lowest BCUT2D eigenvalue weighted by molar-refractivity contribution is 0.0370. The minimum atomic E-state index is -1.03. The van der Waals surface area contributed by atoms with Gasteiger partial charge in [-0.05, 0) is 37.3 Å². The number of nitrogens with zero attached hydrogens (tertiary/aromatic N) is 1. The maximum absolute atomic E-state index is 6.33. The first kappa shape index (κ1) is 12.1. The van der Waals surface area contributed by atoms with Crippen molar-refractivity contribution in [2.24, 2.45) is 0 Å². The molecule has 1 aliphatic rings. The second kappa shape index (κ2) is 4.88. The highest BCUT2D eigenvalue weighted by Crippen LogP contribution is 2.40. The molecule has 0 aromatic carbocycles. The van der Waals surface area contributed by atoms with Crippen LogP contribution < -0.4 is 0 Å². The maximum Gasteiger partial charge on any atom is 0.454 e. The molecule has 0 bridgehead atoms. The number of rotatable bonds is 3. The first-order valence-electron chi connectivity index (χ1n) is 6.30. The van der Waals surface area contributed by atoms with Crippen LogP contribution in [0.1, 0.15) is 37.4 Å². The molecule has 3 heteroatoms. The number of aryl methyl sites for hydroxylation is 1. The Balaban J connectivity index is 2.40. The van der Waals surface area contributed by atoms with Crippen LogP contribution in [-0.4, -0.2) is 19.5 Å². The Labute approximate surface area is 103 Å². The Bertz CT molecular complexity index is 367. The molecule has 0 saturated heterocycles. The van der Waals surface area contributed by atoms with E-state index in [4.69, 9.17) is 3.79 Å². The Morgan fingerprint density at radius 1 is 1.50 bits per heavy atom. The number of aromatic nitrogens is 1. The molecule has 1 aromatic heterocycles. The predicted octanol–water partition coefficient (Wildman–Crippen LogP) is 3.29. The van der Waals surface area contributed by atoms with Gasteiger partial charge in [-0.1, -0.05) is 24.6 Å². The summed E-state index contributed by atoms with van der Waals surface area (Å²) in [6, 6.07) is 4.24. The zero-order chi connectivity index (χ0) is 11.6. The molecule has 1 unspecified atom stereocenters. The van der Waals surface area contributed by atoms with Crippen molar-refractivity contribution in [3.05, 3.63) is 29.6 Å². The van der Waals surface area contributed by atoms with Crippen molar-refractivity contribution in [2.75, 3.05) is 0 Å². The fourth-order valence-electron chi connectivity index (χ4n) is 2.73.